The maximum absolute atomic E-state index is 14.1. The molecule has 0 fully saturated rings. The largest absolute Gasteiger partial charge is 0.465 e. The molecular weight excluding hydrogens is 671 g/mol. The Morgan fingerprint density at radius 1 is 0.940 bits per heavy atom. The maximum atomic E-state index is 14.1. The van der Waals surface area contributed by atoms with Crippen molar-refractivity contribution in [3.63, 3.8) is 0 Å². The van der Waals surface area contributed by atoms with Crippen LogP contribution >= 0.6 is 23.1 Å². The van der Waals surface area contributed by atoms with Gasteiger partial charge < -0.3 is 25.1 Å². The molecule has 1 aliphatic rings. The van der Waals surface area contributed by atoms with Crippen molar-refractivity contribution < 1.29 is 28.3 Å². The van der Waals surface area contributed by atoms with Crippen LogP contribution in [0.3, 0.4) is 0 Å². The number of benzene rings is 3. The van der Waals surface area contributed by atoms with Crippen LogP contribution in [0.4, 0.5) is 10.7 Å². The molecule has 0 saturated heterocycles. The van der Waals surface area contributed by atoms with E-state index in [1.165, 1.54) is 42.5 Å². The molecule has 0 spiro atoms. The second-order valence-corrected chi connectivity index (χ2v) is 14.1. The Morgan fingerprint density at radius 2 is 1.70 bits per heavy atom. The van der Waals surface area contributed by atoms with Crippen LogP contribution in [0.15, 0.2) is 118 Å². The molecule has 0 bridgehead atoms. The number of thioether (sulfide) groups is 1. The molecule has 0 aliphatic heterocycles. The van der Waals surface area contributed by atoms with Crippen molar-refractivity contribution in [2.24, 2.45) is 5.92 Å². The predicted octanol–water partition coefficient (Wildman–Crippen LogP) is 8.13. The Balaban J connectivity index is 1.23. The molecule has 2 atom stereocenters. The minimum absolute atomic E-state index is 0.0113. The fourth-order valence-corrected chi connectivity index (χ4v) is 8.16. The molecule has 1 aliphatic carbocycles. The van der Waals surface area contributed by atoms with Crippen molar-refractivity contribution in [3.8, 4) is 0 Å². The first-order valence-electron chi connectivity index (χ1n) is 16.1. The quantitative estimate of drug-likeness (QED) is 0.0720. The minimum Gasteiger partial charge on any atom is -0.465 e. The number of furan rings is 1. The Kier molecular flexibility index (Phi) is 10.9. The van der Waals surface area contributed by atoms with E-state index in [0.29, 0.717) is 38.4 Å². The summed E-state index contributed by atoms with van der Waals surface area (Å²) in [6, 6.07) is 28.5. The van der Waals surface area contributed by atoms with E-state index in [-0.39, 0.29) is 11.6 Å². The van der Waals surface area contributed by atoms with Crippen LogP contribution in [0.2, 0.25) is 0 Å². The SMILES string of the molecule is COC(=O)c1c(NC(=O)C(Sc2cccc(NC(=O)/C(=C/c3ccco3)NC(=O)c3ccccc3)c2)c2ccccc2)sc2c1CCC(C)C2. The van der Waals surface area contributed by atoms with Gasteiger partial charge in [0.2, 0.25) is 5.91 Å². The third kappa shape index (κ3) is 8.24. The lowest BCUT2D eigenvalue weighted by molar-refractivity contribution is -0.116. The third-order valence-corrected chi connectivity index (χ3v) is 10.6. The average molecular weight is 706 g/mol. The number of methoxy groups -OCH3 is 1. The lowest BCUT2D eigenvalue weighted by atomic mass is 9.88. The van der Waals surface area contributed by atoms with Gasteiger partial charge in [-0.3, -0.25) is 14.4 Å². The van der Waals surface area contributed by atoms with E-state index in [0.717, 1.165) is 35.3 Å². The third-order valence-electron chi connectivity index (χ3n) is 8.18. The van der Waals surface area contributed by atoms with E-state index >= 15 is 0 Å². The van der Waals surface area contributed by atoms with Gasteiger partial charge in [-0.15, -0.1) is 23.1 Å². The number of ether oxygens (including phenoxy) is 1. The summed E-state index contributed by atoms with van der Waals surface area (Å²) >= 11 is 2.75. The van der Waals surface area contributed by atoms with Crippen molar-refractivity contribution in [2.45, 2.75) is 36.3 Å². The number of thiophene rings is 1. The number of rotatable bonds is 11. The second kappa shape index (κ2) is 15.9. The number of carbonyl (C=O) groups excluding carboxylic acids is 4. The first-order chi connectivity index (χ1) is 24.3. The van der Waals surface area contributed by atoms with Crippen LogP contribution in [0.25, 0.3) is 6.08 Å². The molecule has 3 N–H and O–H groups in total. The highest BCUT2D eigenvalue weighted by molar-refractivity contribution is 8.00. The van der Waals surface area contributed by atoms with Crippen LogP contribution in [0, 0.1) is 5.92 Å². The van der Waals surface area contributed by atoms with Crippen LogP contribution in [-0.2, 0) is 27.2 Å². The Morgan fingerprint density at radius 3 is 2.42 bits per heavy atom. The molecule has 0 radical (unpaired) electrons. The number of fused-ring (bicyclic) bond motifs is 1. The maximum Gasteiger partial charge on any atom is 0.341 e. The Hall–Kier alpha value is -5.39. The molecule has 2 aromatic heterocycles. The van der Waals surface area contributed by atoms with Crippen molar-refractivity contribution in [1.82, 2.24) is 5.32 Å². The zero-order valence-electron chi connectivity index (χ0n) is 27.4. The molecule has 2 heterocycles. The molecule has 3 aromatic carbocycles. The second-order valence-electron chi connectivity index (χ2n) is 11.8. The Labute approximate surface area is 298 Å². The van der Waals surface area contributed by atoms with Gasteiger partial charge in [0.05, 0.1) is 18.9 Å². The number of anilines is 2. The molecule has 2 unspecified atom stereocenters. The first-order valence-corrected chi connectivity index (χ1v) is 17.8. The molecule has 5 aromatic rings. The highest BCUT2D eigenvalue weighted by Crippen LogP contribution is 2.42. The van der Waals surface area contributed by atoms with Crippen molar-refractivity contribution >= 4 is 63.6 Å². The average Bonchev–Trinajstić information content (AvgIpc) is 3.78. The summed E-state index contributed by atoms with van der Waals surface area (Å²) in [6.45, 7) is 2.19. The van der Waals surface area contributed by atoms with Gasteiger partial charge >= 0.3 is 5.97 Å². The monoisotopic (exact) mass is 705 g/mol. The topological polar surface area (TPSA) is 127 Å². The van der Waals surface area contributed by atoms with Crippen LogP contribution in [0.1, 0.15) is 61.1 Å². The Bertz CT molecular complexity index is 2020. The van der Waals surface area contributed by atoms with E-state index < -0.39 is 23.0 Å². The lowest BCUT2D eigenvalue weighted by Gasteiger charge is -2.18. The van der Waals surface area contributed by atoms with E-state index in [1.807, 2.05) is 36.4 Å². The molecule has 50 heavy (non-hydrogen) atoms. The normalized spacial score (nSPS) is 14.6. The number of nitrogens with one attached hydrogen (secondary N) is 3. The number of carbonyl (C=O) groups is 4. The molecule has 0 saturated carbocycles. The van der Waals surface area contributed by atoms with Gasteiger partial charge in [-0.1, -0.05) is 61.5 Å². The number of amides is 3. The predicted molar refractivity (Wildman–Crippen MR) is 196 cm³/mol. The summed E-state index contributed by atoms with van der Waals surface area (Å²) in [5, 5.41) is 8.43. The molecule has 11 heteroatoms. The van der Waals surface area contributed by atoms with Crippen molar-refractivity contribution in [2.75, 3.05) is 17.7 Å². The molecule has 6 rings (SSSR count). The first kappa shape index (κ1) is 34.5. The molecule has 3 amide bonds. The van der Waals surface area contributed by atoms with Gasteiger partial charge in [0.1, 0.15) is 21.7 Å². The van der Waals surface area contributed by atoms with Gasteiger partial charge in [0.15, 0.2) is 0 Å². The van der Waals surface area contributed by atoms with Gasteiger partial charge in [0.25, 0.3) is 11.8 Å². The summed E-state index contributed by atoms with van der Waals surface area (Å²) in [5.41, 5.74) is 3.01. The zero-order valence-corrected chi connectivity index (χ0v) is 29.1. The summed E-state index contributed by atoms with van der Waals surface area (Å²) in [6.07, 6.45) is 5.51. The number of hydrogen-bond acceptors (Lipinski definition) is 8. The fourth-order valence-electron chi connectivity index (χ4n) is 5.67. The number of hydrogen-bond donors (Lipinski definition) is 3. The highest BCUT2D eigenvalue weighted by atomic mass is 32.2. The highest BCUT2D eigenvalue weighted by Gasteiger charge is 2.31. The van der Waals surface area contributed by atoms with Crippen molar-refractivity contribution in [3.05, 3.63) is 142 Å². The smallest absolute Gasteiger partial charge is 0.341 e. The molecule has 9 nitrogen and oxygen atoms in total. The summed E-state index contributed by atoms with van der Waals surface area (Å²) in [7, 11) is 1.35. The van der Waals surface area contributed by atoms with Gasteiger partial charge in [-0.25, -0.2) is 4.79 Å². The van der Waals surface area contributed by atoms with E-state index in [1.54, 1.807) is 60.7 Å². The van der Waals surface area contributed by atoms with Gasteiger partial charge in [-0.2, -0.15) is 0 Å². The minimum atomic E-state index is -0.690. The van der Waals surface area contributed by atoms with Crippen LogP contribution < -0.4 is 16.0 Å². The van der Waals surface area contributed by atoms with E-state index in [4.69, 9.17) is 9.15 Å². The van der Waals surface area contributed by atoms with Gasteiger partial charge in [-0.05, 0) is 78.8 Å². The zero-order chi connectivity index (χ0) is 35.0. The number of esters is 1. The van der Waals surface area contributed by atoms with Crippen LogP contribution in [-0.4, -0.2) is 30.8 Å². The van der Waals surface area contributed by atoms with Crippen molar-refractivity contribution in [1.29, 1.82) is 0 Å². The molecular formula is C39H35N3O6S2. The molecule has 254 valence electrons. The summed E-state index contributed by atoms with van der Waals surface area (Å²) in [4.78, 5) is 55.3. The standard InChI is InChI=1S/C39H35N3O6S2/c1-24-18-19-30-32(21-24)50-38(33(30)39(46)47-2)42-37(45)34(25-11-5-3-6-12-25)49-29-17-9-15-27(22-29)40-36(44)31(23-28-16-10-20-48-28)41-35(43)26-13-7-4-8-14-26/h3-17,20,22-24,34H,18-19,21H2,1-2H3,(H,40,44)(H,41,43)(H,42,45)/b31-23-. The van der Waals surface area contributed by atoms with Gasteiger partial charge in [0, 0.05) is 27.1 Å². The summed E-state index contributed by atoms with van der Waals surface area (Å²) < 4.78 is 10.5. The summed E-state index contributed by atoms with van der Waals surface area (Å²) in [5.74, 6) is -0.874. The fraction of sp³-hybridized carbons (Fsp3) is 0.179. The van der Waals surface area contributed by atoms with Crippen LogP contribution in [0.5, 0.6) is 0 Å². The lowest BCUT2D eigenvalue weighted by Crippen LogP contribution is -2.30. The van der Waals surface area contributed by atoms with E-state index in [9.17, 15) is 19.2 Å². The van der Waals surface area contributed by atoms with E-state index in [2.05, 4.69) is 22.9 Å².